The monoisotopic (exact) mass is 191 g/mol. The van der Waals surface area contributed by atoms with Gasteiger partial charge in [-0.25, -0.2) is 0 Å². The van der Waals surface area contributed by atoms with Crippen LogP contribution in [0.15, 0.2) is 12.7 Å². The molecule has 1 unspecified atom stereocenters. The number of hydrogen-bond donors (Lipinski definition) is 1. The van der Waals surface area contributed by atoms with Crippen molar-refractivity contribution in [1.29, 1.82) is 0 Å². The second-order valence-corrected chi connectivity index (χ2v) is 3.09. The third-order valence-electron chi connectivity index (χ3n) is 1.79. The van der Waals surface area contributed by atoms with Crippen LogP contribution in [0.4, 0.5) is 0 Å². The molecule has 0 saturated heterocycles. The zero-order valence-corrected chi connectivity index (χ0v) is 9.12. The van der Waals surface area contributed by atoms with Crippen LogP contribution in [0.25, 0.3) is 0 Å². The summed E-state index contributed by atoms with van der Waals surface area (Å²) in [6.07, 6.45) is 6.99. The van der Waals surface area contributed by atoms with Crippen LogP contribution < -0.4 is 5.32 Å². The molecular weight excluding hydrogens is 170 g/mol. The molecule has 0 bridgehead atoms. The first-order valence-electron chi connectivity index (χ1n) is 4.65. The lowest BCUT2D eigenvalue weighted by Gasteiger charge is -2.10. The van der Waals surface area contributed by atoms with Crippen molar-refractivity contribution in [2.45, 2.75) is 45.6 Å². The van der Waals surface area contributed by atoms with Crippen molar-refractivity contribution >= 4 is 12.4 Å². The Morgan fingerprint density at radius 2 is 2.08 bits per heavy atom. The Morgan fingerprint density at radius 1 is 1.42 bits per heavy atom. The molecule has 0 aromatic rings. The van der Waals surface area contributed by atoms with Gasteiger partial charge in [0.05, 0.1) is 0 Å². The highest BCUT2D eigenvalue weighted by Crippen LogP contribution is 1.94. The smallest absolute Gasteiger partial charge is 0.00731 e. The molecule has 0 aliphatic rings. The average molecular weight is 192 g/mol. The van der Waals surface area contributed by atoms with Crippen LogP contribution in [0, 0.1) is 0 Å². The Labute approximate surface area is 83.0 Å². The first-order valence-corrected chi connectivity index (χ1v) is 4.65. The summed E-state index contributed by atoms with van der Waals surface area (Å²) in [4.78, 5) is 0. The van der Waals surface area contributed by atoms with Crippen LogP contribution in [-0.2, 0) is 0 Å². The van der Waals surface area contributed by atoms with Crippen molar-refractivity contribution in [3.05, 3.63) is 12.7 Å². The third-order valence-corrected chi connectivity index (χ3v) is 1.79. The number of halogens is 1. The van der Waals surface area contributed by atoms with E-state index in [0.717, 1.165) is 13.0 Å². The van der Waals surface area contributed by atoms with E-state index in [-0.39, 0.29) is 12.4 Å². The average Bonchev–Trinajstić information content (AvgIpc) is 1.99. The Kier molecular flexibility index (Phi) is 13.3. The van der Waals surface area contributed by atoms with Crippen LogP contribution in [0.3, 0.4) is 0 Å². The van der Waals surface area contributed by atoms with Crippen molar-refractivity contribution in [2.75, 3.05) is 6.54 Å². The van der Waals surface area contributed by atoms with E-state index in [1.165, 1.54) is 19.3 Å². The number of hydrogen-bond acceptors (Lipinski definition) is 1. The third kappa shape index (κ3) is 9.99. The molecule has 1 nitrogen and oxygen atoms in total. The van der Waals surface area contributed by atoms with Gasteiger partial charge in [0.15, 0.2) is 0 Å². The summed E-state index contributed by atoms with van der Waals surface area (Å²) in [7, 11) is 0. The lowest BCUT2D eigenvalue weighted by atomic mass is 10.2. The van der Waals surface area contributed by atoms with Gasteiger partial charge < -0.3 is 5.32 Å². The molecular formula is C10H22ClN. The van der Waals surface area contributed by atoms with Gasteiger partial charge in [0.2, 0.25) is 0 Å². The number of unbranched alkanes of at least 4 members (excludes halogenated alkanes) is 2. The first kappa shape index (κ1) is 14.5. The maximum atomic E-state index is 3.71. The van der Waals surface area contributed by atoms with Gasteiger partial charge >= 0.3 is 0 Å². The van der Waals surface area contributed by atoms with E-state index in [0.29, 0.717) is 6.04 Å². The molecule has 2 heteroatoms. The zero-order valence-electron chi connectivity index (χ0n) is 8.31. The predicted octanol–water partition coefficient (Wildman–Crippen LogP) is 3.15. The molecule has 0 aliphatic heterocycles. The zero-order chi connectivity index (χ0) is 8.53. The minimum absolute atomic E-state index is 0. The molecule has 0 aliphatic carbocycles. The fourth-order valence-corrected chi connectivity index (χ4v) is 1.06. The lowest BCUT2D eigenvalue weighted by Crippen LogP contribution is -2.26. The van der Waals surface area contributed by atoms with Crippen LogP contribution in [-0.4, -0.2) is 12.6 Å². The standard InChI is InChI=1S/C10H21N.ClH/c1-4-6-7-9-11-10(3)8-5-2;/h5,10-11H,2,4,6-9H2,1,3H3;1H. The second-order valence-electron chi connectivity index (χ2n) is 3.09. The van der Waals surface area contributed by atoms with Crippen molar-refractivity contribution in [3.63, 3.8) is 0 Å². The topological polar surface area (TPSA) is 12.0 Å². The maximum absolute atomic E-state index is 3.71. The second kappa shape index (κ2) is 11.0. The van der Waals surface area contributed by atoms with Crippen LogP contribution in [0.5, 0.6) is 0 Å². The predicted molar refractivity (Wildman–Crippen MR) is 59.1 cm³/mol. The van der Waals surface area contributed by atoms with E-state index in [9.17, 15) is 0 Å². The van der Waals surface area contributed by atoms with Gasteiger partial charge in [0.1, 0.15) is 0 Å². The molecule has 0 heterocycles. The maximum Gasteiger partial charge on any atom is 0.00731 e. The molecule has 0 spiro atoms. The first-order chi connectivity index (χ1) is 5.31. The van der Waals surface area contributed by atoms with E-state index < -0.39 is 0 Å². The van der Waals surface area contributed by atoms with Gasteiger partial charge in [-0.3, -0.25) is 0 Å². The van der Waals surface area contributed by atoms with E-state index in [1.54, 1.807) is 0 Å². The van der Waals surface area contributed by atoms with E-state index in [4.69, 9.17) is 0 Å². The molecule has 0 fully saturated rings. The summed E-state index contributed by atoms with van der Waals surface area (Å²) in [5.74, 6) is 0. The lowest BCUT2D eigenvalue weighted by molar-refractivity contribution is 0.529. The quantitative estimate of drug-likeness (QED) is 0.482. The van der Waals surface area contributed by atoms with Gasteiger partial charge in [-0.2, -0.15) is 0 Å². The van der Waals surface area contributed by atoms with E-state index in [2.05, 4.69) is 25.7 Å². The van der Waals surface area contributed by atoms with Crippen LogP contribution >= 0.6 is 12.4 Å². The van der Waals surface area contributed by atoms with Gasteiger partial charge in [-0.05, 0) is 26.3 Å². The molecule has 0 radical (unpaired) electrons. The molecule has 0 aromatic carbocycles. The fraction of sp³-hybridized carbons (Fsp3) is 0.800. The van der Waals surface area contributed by atoms with Crippen molar-refractivity contribution in [1.82, 2.24) is 5.32 Å². The van der Waals surface area contributed by atoms with Crippen molar-refractivity contribution in [3.8, 4) is 0 Å². The Balaban J connectivity index is 0. The molecule has 1 atom stereocenters. The van der Waals surface area contributed by atoms with Gasteiger partial charge in [-0.1, -0.05) is 25.8 Å². The summed E-state index contributed by atoms with van der Waals surface area (Å²) in [5.41, 5.74) is 0. The summed E-state index contributed by atoms with van der Waals surface area (Å²) < 4.78 is 0. The highest BCUT2D eigenvalue weighted by molar-refractivity contribution is 5.85. The summed E-state index contributed by atoms with van der Waals surface area (Å²) >= 11 is 0. The molecule has 0 saturated carbocycles. The molecule has 0 rings (SSSR count). The molecule has 12 heavy (non-hydrogen) atoms. The Morgan fingerprint density at radius 3 is 2.58 bits per heavy atom. The summed E-state index contributed by atoms with van der Waals surface area (Å²) in [5, 5.41) is 3.45. The minimum atomic E-state index is 0. The molecule has 74 valence electrons. The number of rotatable bonds is 7. The minimum Gasteiger partial charge on any atom is -0.314 e. The highest BCUT2D eigenvalue weighted by atomic mass is 35.5. The van der Waals surface area contributed by atoms with E-state index in [1.807, 2.05) is 6.08 Å². The molecule has 0 amide bonds. The largest absolute Gasteiger partial charge is 0.314 e. The Hall–Kier alpha value is -0.0100. The van der Waals surface area contributed by atoms with Crippen LogP contribution in [0.1, 0.15) is 39.5 Å². The summed E-state index contributed by atoms with van der Waals surface area (Å²) in [6, 6.07) is 0.601. The van der Waals surface area contributed by atoms with Gasteiger partial charge in [0, 0.05) is 6.04 Å². The van der Waals surface area contributed by atoms with Crippen LogP contribution in [0.2, 0.25) is 0 Å². The normalized spacial score (nSPS) is 11.8. The molecule has 1 N–H and O–H groups in total. The SMILES string of the molecule is C=CCC(C)NCCCCC.Cl. The van der Waals surface area contributed by atoms with Crippen molar-refractivity contribution < 1.29 is 0 Å². The van der Waals surface area contributed by atoms with Crippen molar-refractivity contribution in [2.24, 2.45) is 0 Å². The highest BCUT2D eigenvalue weighted by Gasteiger charge is 1.95. The Bertz CT molecular complexity index is 93.8. The van der Waals surface area contributed by atoms with Gasteiger partial charge in [0.25, 0.3) is 0 Å². The summed E-state index contributed by atoms with van der Waals surface area (Å²) in [6.45, 7) is 9.29. The van der Waals surface area contributed by atoms with E-state index >= 15 is 0 Å². The number of nitrogens with one attached hydrogen (secondary N) is 1. The van der Waals surface area contributed by atoms with Gasteiger partial charge in [-0.15, -0.1) is 19.0 Å². The fourth-order valence-electron chi connectivity index (χ4n) is 1.06. The molecule has 0 aromatic heterocycles.